The Balaban J connectivity index is 0.000000360. The molecule has 4 fully saturated rings. The first kappa shape index (κ1) is 10.9. The summed E-state index contributed by atoms with van der Waals surface area (Å²) in [5.74, 6) is 0. The number of rotatable bonds is 0. The molecule has 0 aliphatic carbocycles. The molecule has 4 aliphatic heterocycles. The van der Waals surface area contributed by atoms with Gasteiger partial charge in [0, 0.05) is 33.6 Å². The van der Waals surface area contributed by atoms with E-state index in [0.717, 1.165) is 0 Å². The van der Waals surface area contributed by atoms with Gasteiger partial charge in [-0.05, 0) is 0 Å². The van der Waals surface area contributed by atoms with Gasteiger partial charge in [-0.15, -0.1) is 0 Å². The molecular formula is C6H12Co2N4. The molecule has 0 unspecified atom stereocenters. The van der Waals surface area contributed by atoms with Crippen molar-refractivity contribution < 1.29 is 33.6 Å². The summed E-state index contributed by atoms with van der Waals surface area (Å²) in [5, 5.41) is 0. The van der Waals surface area contributed by atoms with E-state index in [0.29, 0.717) is 0 Å². The average Bonchev–Trinajstić information content (AvgIpc) is 1.82. The van der Waals surface area contributed by atoms with Crippen molar-refractivity contribution >= 4 is 0 Å². The van der Waals surface area contributed by atoms with Gasteiger partial charge in [-0.1, -0.05) is 0 Å². The van der Waals surface area contributed by atoms with Gasteiger partial charge < -0.3 is 0 Å². The largest absolute Gasteiger partial charge is 0.264 e. The molecule has 2 radical (unpaired) electrons. The van der Waals surface area contributed by atoms with Crippen molar-refractivity contribution in [3.63, 3.8) is 0 Å². The fraction of sp³-hybridized carbons (Fsp3) is 1.00. The van der Waals surface area contributed by atoms with Crippen molar-refractivity contribution in [3.05, 3.63) is 0 Å². The maximum absolute atomic E-state index is 2.47. The van der Waals surface area contributed by atoms with E-state index < -0.39 is 0 Å². The quantitative estimate of drug-likeness (QED) is 0.551. The fourth-order valence-corrected chi connectivity index (χ4v) is 2.23. The van der Waals surface area contributed by atoms with E-state index in [4.69, 9.17) is 0 Å². The normalized spacial score (nSPS) is 48.0. The summed E-state index contributed by atoms with van der Waals surface area (Å²) in [7, 11) is 0. The maximum atomic E-state index is 2.47. The van der Waals surface area contributed by atoms with Crippen LogP contribution in [0, 0.1) is 0 Å². The molecular weight excluding hydrogens is 246 g/mol. The summed E-state index contributed by atoms with van der Waals surface area (Å²) in [6.45, 7) is 7.12. The number of nitrogens with zero attached hydrogens (tertiary/aromatic N) is 4. The molecule has 0 spiro atoms. The van der Waals surface area contributed by atoms with Crippen LogP contribution in [0.1, 0.15) is 0 Å². The molecule has 0 atom stereocenters. The van der Waals surface area contributed by atoms with Crippen LogP contribution in [0.2, 0.25) is 0 Å². The molecule has 0 aromatic heterocycles. The molecule has 4 rings (SSSR count). The summed E-state index contributed by atoms with van der Waals surface area (Å²) in [6, 6.07) is 0. The van der Waals surface area contributed by atoms with Gasteiger partial charge in [-0.3, -0.25) is 19.6 Å². The number of hydrogen-bond donors (Lipinski definition) is 0. The average molecular weight is 258 g/mol. The van der Waals surface area contributed by atoms with Crippen molar-refractivity contribution in [1.29, 1.82) is 0 Å². The third-order valence-corrected chi connectivity index (χ3v) is 2.40. The minimum Gasteiger partial charge on any atom is -0.264 e. The molecule has 0 amide bonds. The zero-order valence-electron chi connectivity index (χ0n) is 6.70. The molecule has 0 saturated carbocycles. The first-order chi connectivity index (χ1) is 4.90. The van der Waals surface area contributed by atoms with Crippen LogP contribution in [-0.4, -0.2) is 59.6 Å². The van der Waals surface area contributed by atoms with Crippen LogP contribution in [0.3, 0.4) is 0 Å². The second-order valence-corrected chi connectivity index (χ2v) is 3.53. The first-order valence-electron chi connectivity index (χ1n) is 3.79. The third kappa shape index (κ3) is 1.71. The molecule has 4 bridgehead atoms. The van der Waals surface area contributed by atoms with Crippen LogP contribution in [0.25, 0.3) is 0 Å². The molecule has 4 aliphatic rings. The van der Waals surface area contributed by atoms with Crippen molar-refractivity contribution in [1.82, 2.24) is 19.6 Å². The van der Waals surface area contributed by atoms with E-state index >= 15 is 0 Å². The van der Waals surface area contributed by atoms with Gasteiger partial charge >= 0.3 is 0 Å². The summed E-state index contributed by atoms with van der Waals surface area (Å²) < 4.78 is 0. The molecule has 4 saturated heterocycles. The molecule has 74 valence electrons. The zero-order valence-corrected chi connectivity index (χ0v) is 8.78. The Morgan fingerprint density at radius 3 is 0.750 bits per heavy atom. The number of hydrogen-bond acceptors (Lipinski definition) is 4. The topological polar surface area (TPSA) is 13.0 Å². The van der Waals surface area contributed by atoms with E-state index in [1.807, 2.05) is 0 Å². The predicted octanol–water partition coefficient (Wildman–Crippen LogP) is -1.02. The van der Waals surface area contributed by atoms with E-state index in [1.165, 1.54) is 40.0 Å². The molecule has 0 N–H and O–H groups in total. The summed E-state index contributed by atoms with van der Waals surface area (Å²) in [6.07, 6.45) is 0. The van der Waals surface area contributed by atoms with Gasteiger partial charge in [0.25, 0.3) is 0 Å². The van der Waals surface area contributed by atoms with Crippen LogP contribution in [0.4, 0.5) is 0 Å². The molecule has 0 aromatic rings. The molecule has 4 nitrogen and oxygen atoms in total. The Hall–Kier alpha value is 0.853. The minimum absolute atomic E-state index is 0. The Morgan fingerprint density at radius 1 is 0.417 bits per heavy atom. The van der Waals surface area contributed by atoms with Gasteiger partial charge in [0.1, 0.15) is 0 Å². The molecule has 6 heteroatoms. The van der Waals surface area contributed by atoms with Gasteiger partial charge in [0.2, 0.25) is 0 Å². The van der Waals surface area contributed by atoms with Crippen LogP contribution >= 0.6 is 0 Å². The van der Waals surface area contributed by atoms with E-state index in [-0.39, 0.29) is 33.6 Å². The predicted molar refractivity (Wildman–Crippen MR) is 36.6 cm³/mol. The summed E-state index contributed by atoms with van der Waals surface area (Å²) in [4.78, 5) is 9.88. The van der Waals surface area contributed by atoms with Crippen molar-refractivity contribution in [2.24, 2.45) is 0 Å². The van der Waals surface area contributed by atoms with Crippen molar-refractivity contribution in [3.8, 4) is 0 Å². The summed E-state index contributed by atoms with van der Waals surface area (Å²) in [5.41, 5.74) is 0. The summed E-state index contributed by atoms with van der Waals surface area (Å²) >= 11 is 0. The van der Waals surface area contributed by atoms with Gasteiger partial charge in [-0.25, -0.2) is 0 Å². The first-order valence-corrected chi connectivity index (χ1v) is 3.79. The molecule has 12 heavy (non-hydrogen) atoms. The third-order valence-electron chi connectivity index (χ3n) is 2.40. The van der Waals surface area contributed by atoms with E-state index in [9.17, 15) is 0 Å². The standard InChI is InChI=1S/C6H12N4.2Co/c1-7-2-9-4-8(1)5-10(3-7)6-9;;/h1-6H2;;. The van der Waals surface area contributed by atoms with Crippen molar-refractivity contribution in [2.75, 3.05) is 40.0 Å². The Labute approximate surface area is 93.2 Å². The minimum atomic E-state index is 0. The van der Waals surface area contributed by atoms with E-state index in [1.54, 1.807) is 0 Å². The molecule has 0 aromatic carbocycles. The van der Waals surface area contributed by atoms with Gasteiger partial charge in [-0.2, -0.15) is 0 Å². The second-order valence-electron chi connectivity index (χ2n) is 3.53. The van der Waals surface area contributed by atoms with Crippen molar-refractivity contribution in [2.45, 2.75) is 0 Å². The SMILES string of the molecule is C1N2CN3CN1CN(C2)C3.[Co].[Co]. The smallest absolute Gasteiger partial charge is 0.0555 e. The second kappa shape index (κ2) is 3.93. The molecule has 4 heterocycles. The van der Waals surface area contributed by atoms with Crippen LogP contribution in [0.5, 0.6) is 0 Å². The monoisotopic (exact) mass is 258 g/mol. The van der Waals surface area contributed by atoms with Crippen LogP contribution < -0.4 is 0 Å². The maximum Gasteiger partial charge on any atom is 0.0555 e. The fourth-order valence-electron chi connectivity index (χ4n) is 2.23. The Bertz CT molecular complexity index is 109. The Kier molecular flexibility index (Phi) is 3.58. The Morgan fingerprint density at radius 2 is 0.583 bits per heavy atom. The zero-order chi connectivity index (χ0) is 6.55. The van der Waals surface area contributed by atoms with Gasteiger partial charge in [0.15, 0.2) is 0 Å². The van der Waals surface area contributed by atoms with E-state index in [2.05, 4.69) is 19.6 Å². The van der Waals surface area contributed by atoms with Crippen LogP contribution in [-0.2, 0) is 33.6 Å². The van der Waals surface area contributed by atoms with Crippen LogP contribution in [0.15, 0.2) is 0 Å². The van der Waals surface area contributed by atoms with Gasteiger partial charge in [0.05, 0.1) is 40.0 Å².